The minimum Gasteiger partial charge on any atom is -0.454 e. The molecule has 3 amide bonds. The summed E-state index contributed by atoms with van der Waals surface area (Å²) in [5, 5.41) is 0. The second-order valence-corrected chi connectivity index (χ2v) is 5.81. The molecule has 0 saturated heterocycles. The lowest BCUT2D eigenvalue weighted by Crippen LogP contribution is -2.47. The summed E-state index contributed by atoms with van der Waals surface area (Å²) < 4.78 is 4.89. The van der Waals surface area contributed by atoms with Crippen LogP contribution in [0.4, 0.5) is 0 Å². The Kier molecular flexibility index (Phi) is 4.79. The van der Waals surface area contributed by atoms with Crippen molar-refractivity contribution in [3.63, 3.8) is 0 Å². The molecule has 0 bridgehead atoms. The highest BCUT2D eigenvalue weighted by molar-refractivity contribution is 6.22. The van der Waals surface area contributed by atoms with E-state index in [1.54, 1.807) is 36.4 Å². The van der Waals surface area contributed by atoms with Crippen molar-refractivity contribution in [1.82, 2.24) is 4.90 Å². The Balaban J connectivity index is 1.93. The van der Waals surface area contributed by atoms with E-state index >= 15 is 0 Å². The van der Waals surface area contributed by atoms with Crippen molar-refractivity contribution in [3.8, 4) is 0 Å². The van der Waals surface area contributed by atoms with Gasteiger partial charge in [0.05, 0.1) is 11.1 Å². The molecule has 2 aromatic rings. The van der Waals surface area contributed by atoms with Crippen LogP contribution >= 0.6 is 0 Å². The SMILES string of the molecule is NC(=O)COC(=O)[C@@H](Cc1ccccc1)N1C(=O)c2ccccc2C1=O. The molecule has 1 aliphatic rings. The molecule has 1 heterocycles. The van der Waals surface area contributed by atoms with Gasteiger partial charge in [0.15, 0.2) is 6.61 Å². The minimum atomic E-state index is -1.19. The van der Waals surface area contributed by atoms with Crippen LogP contribution in [0.1, 0.15) is 26.3 Å². The first-order valence-electron chi connectivity index (χ1n) is 7.95. The standard InChI is InChI=1S/C19H16N2O5/c20-16(22)11-26-19(25)15(10-12-6-2-1-3-7-12)21-17(23)13-8-4-5-9-14(13)18(21)24/h1-9,15H,10-11H2,(H2,20,22)/t15-/m1/s1. The predicted molar refractivity (Wildman–Crippen MR) is 91.0 cm³/mol. The Bertz CT molecular complexity index is 844. The van der Waals surface area contributed by atoms with Gasteiger partial charge in [-0.25, -0.2) is 4.79 Å². The number of hydrogen-bond acceptors (Lipinski definition) is 5. The third-order valence-corrected chi connectivity index (χ3v) is 4.04. The molecule has 7 heteroatoms. The van der Waals surface area contributed by atoms with Gasteiger partial charge in [-0.1, -0.05) is 42.5 Å². The maximum Gasteiger partial charge on any atom is 0.330 e. The zero-order valence-corrected chi connectivity index (χ0v) is 13.8. The van der Waals surface area contributed by atoms with Gasteiger partial charge < -0.3 is 10.5 Å². The van der Waals surface area contributed by atoms with Crippen LogP contribution in [0, 0.1) is 0 Å². The van der Waals surface area contributed by atoms with Crippen molar-refractivity contribution in [2.45, 2.75) is 12.5 Å². The summed E-state index contributed by atoms with van der Waals surface area (Å²) in [7, 11) is 0. The topological polar surface area (TPSA) is 107 Å². The number of amides is 3. The Morgan fingerprint density at radius 1 is 0.923 bits per heavy atom. The third-order valence-electron chi connectivity index (χ3n) is 4.04. The zero-order chi connectivity index (χ0) is 18.7. The molecule has 26 heavy (non-hydrogen) atoms. The summed E-state index contributed by atoms with van der Waals surface area (Å²) in [6.07, 6.45) is 0.0733. The largest absolute Gasteiger partial charge is 0.454 e. The quantitative estimate of drug-likeness (QED) is 0.615. The van der Waals surface area contributed by atoms with Crippen LogP contribution in [0.3, 0.4) is 0 Å². The summed E-state index contributed by atoms with van der Waals surface area (Å²) >= 11 is 0. The van der Waals surface area contributed by atoms with E-state index in [0.29, 0.717) is 0 Å². The number of esters is 1. The van der Waals surface area contributed by atoms with Crippen LogP contribution in [0.5, 0.6) is 0 Å². The number of hydrogen-bond donors (Lipinski definition) is 1. The normalized spacial score (nSPS) is 14.1. The number of primary amides is 1. The molecule has 0 fully saturated rings. The summed E-state index contributed by atoms with van der Waals surface area (Å²) in [4.78, 5) is 49.7. The van der Waals surface area contributed by atoms with Gasteiger partial charge in [-0.3, -0.25) is 19.3 Å². The van der Waals surface area contributed by atoms with Gasteiger partial charge in [0, 0.05) is 6.42 Å². The van der Waals surface area contributed by atoms with E-state index in [-0.39, 0.29) is 17.5 Å². The summed E-state index contributed by atoms with van der Waals surface area (Å²) in [6, 6.07) is 14.1. The van der Waals surface area contributed by atoms with Crippen molar-refractivity contribution in [3.05, 3.63) is 71.3 Å². The highest BCUT2D eigenvalue weighted by atomic mass is 16.5. The number of ether oxygens (including phenoxy) is 1. The lowest BCUT2D eigenvalue weighted by atomic mass is 10.0. The van der Waals surface area contributed by atoms with Crippen LogP contribution in [-0.4, -0.2) is 41.2 Å². The molecule has 0 radical (unpaired) electrons. The number of carbonyl (C=O) groups excluding carboxylic acids is 4. The van der Waals surface area contributed by atoms with Crippen LogP contribution in [-0.2, 0) is 20.7 Å². The molecule has 0 spiro atoms. The summed E-state index contributed by atoms with van der Waals surface area (Å²) in [5.74, 6) is -2.81. The lowest BCUT2D eigenvalue weighted by Gasteiger charge is -2.24. The van der Waals surface area contributed by atoms with Gasteiger partial charge in [0.1, 0.15) is 6.04 Å². The first kappa shape index (κ1) is 17.3. The predicted octanol–water partition coefficient (Wildman–Crippen LogP) is 0.922. The number of imide groups is 1. The van der Waals surface area contributed by atoms with Crippen molar-refractivity contribution in [2.24, 2.45) is 5.73 Å². The number of nitrogens with zero attached hydrogens (tertiary/aromatic N) is 1. The molecule has 0 saturated carbocycles. The van der Waals surface area contributed by atoms with E-state index in [1.807, 2.05) is 6.07 Å². The minimum absolute atomic E-state index is 0.0733. The number of carbonyl (C=O) groups is 4. The van der Waals surface area contributed by atoms with Crippen LogP contribution in [0.25, 0.3) is 0 Å². The van der Waals surface area contributed by atoms with Gasteiger partial charge >= 0.3 is 5.97 Å². The molecule has 1 aliphatic heterocycles. The number of benzene rings is 2. The lowest BCUT2D eigenvalue weighted by molar-refractivity contribution is -0.151. The molecular weight excluding hydrogens is 336 g/mol. The molecule has 0 aromatic heterocycles. The van der Waals surface area contributed by atoms with E-state index < -0.39 is 36.3 Å². The van der Waals surface area contributed by atoms with E-state index in [9.17, 15) is 19.2 Å². The first-order valence-corrected chi connectivity index (χ1v) is 7.95. The molecule has 7 nitrogen and oxygen atoms in total. The van der Waals surface area contributed by atoms with Crippen molar-refractivity contribution < 1.29 is 23.9 Å². The smallest absolute Gasteiger partial charge is 0.330 e. The van der Waals surface area contributed by atoms with Crippen LogP contribution in [0.15, 0.2) is 54.6 Å². The van der Waals surface area contributed by atoms with Gasteiger partial charge in [-0.2, -0.15) is 0 Å². The number of rotatable bonds is 6. The average molecular weight is 352 g/mol. The summed E-state index contributed by atoms with van der Waals surface area (Å²) in [6.45, 7) is -0.618. The second-order valence-electron chi connectivity index (χ2n) is 5.81. The van der Waals surface area contributed by atoms with Gasteiger partial charge in [0.25, 0.3) is 17.7 Å². The van der Waals surface area contributed by atoms with E-state index in [0.717, 1.165) is 10.5 Å². The fourth-order valence-electron chi connectivity index (χ4n) is 2.85. The Morgan fingerprint density at radius 3 is 2.00 bits per heavy atom. The van der Waals surface area contributed by atoms with Gasteiger partial charge in [0.2, 0.25) is 0 Å². The molecule has 3 rings (SSSR count). The zero-order valence-electron chi connectivity index (χ0n) is 13.8. The van der Waals surface area contributed by atoms with Gasteiger partial charge in [-0.15, -0.1) is 0 Å². The molecule has 0 unspecified atom stereocenters. The fraction of sp³-hybridized carbons (Fsp3) is 0.158. The number of nitrogens with two attached hydrogens (primary N) is 1. The Hall–Kier alpha value is -3.48. The van der Waals surface area contributed by atoms with E-state index in [1.165, 1.54) is 12.1 Å². The molecule has 2 aromatic carbocycles. The fourth-order valence-corrected chi connectivity index (χ4v) is 2.85. The molecule has 132 valence electrons. The van der Waals surface area contributed by atoms with Crippen molar-refractivity contribution in [2.75, 3.05) is 6.61 Å². The molecular formula is C19H16N2O5. The monoisotopic (exact) mass is 352 g/mol. The second kappa shape index (κ2) is 7.18. The Labute approximate surface area is 149 Å². The molecule has 2 N–H and O–H groups in total. The third kappa shape index (κ3) is 3.32. The highest BCUT2D eigenvalue weighted by Crippen LogP contribution is 2.26. The molecule has 1 atom stereocenters. The summed E-state index contributed by atoms with van der Waals surface area (Å²) in [5.41, 5.74) is 6.22. The van der Waals surface area contributed by atoms with Crippen molar-refractivity contribution in [1.29, 1.82) is 0 Å². The van der Waals surface area contributed by atoms with Gasteiger partial charge in [-0.05, 0) is 17.7 Å². The molecule has 0 aliphatic carbocycles. The van der Waals surface area contributed by atoms with E-state index in [4.69, 9.17) is 10.5 Å². The highest BCUT2D eigenvalue weighted by Gasteiger charge is 2.43. The van der Waals surface area contributed by atoms with Crippen molar-refractivity contribution >= 4 is 23.7 Å². The van der Waals surface area contributed by atoms with Crippen LogP contribution in [0.2, 0.25) is 0 Å². The van der Waals surface area contributed by atoms with Crippen LogP contribution < -0.4 is 5.73 Å². The average Bonchev–Trinajstić information content (AvgIpc) is 2.90. The van der Waals surface area contributed by atoms with E-state index in [2.05, 4.69) is 0 Å². The maximum atomic E-state index is 12.7. The number of fused-ring (bicyclic) bond motifs is 1. The maximum absolute atomic E-state index is 12.7. The Morgan fingerprint density at radius 2 is 1.46 bits per heavy atom. The first-order chi connectivity index (χ1) is 12.5.